The summed E-state index contributed by atoms with van der Waals surface area (Å²) in [5, 5.41) is 3.12. The normalized spacial score (nSPS) is 24.4. The lowest BCUT2D eigenvalue weighted by molar-refractivity contribution is 0.123. The highest BCUT2D eigenvalue weighted by Gasteiger charge is 2.29. The summed E-state index contributed by atoms with van der Waals surface area (Å²) in [6.45, 7) is 6.97. The predicted octanol–water partition coefficient (Wildman–Crippen LogP) is 1.54. The molecule has 0 saturated carbocycles. The number of nitrogens with one attached hydrogen (secondary N) is 1. The molecule has 1 N–H and O–H groups in total. The third kappa shape index (κ3) is 3.80. The van der Waals surface area contributed by atoms with Crippen molar-refractivity contribution in [3.8, 4) is 0 Å². The Morgan fingerprint density at radius 2 is 2.14 bits per heavy atom. The summed E-state index contributed by atoms with van der Waals surface area (Å²) in [6.07, 6.45) is 10.4. The second-order valence-corrected chi connectivity index (χ2v) is 6.60. The third-order valence-corrected chi connectivity index (χ3v) is 4.75. The zero-order valence-corrected chi connectivity index (χ0v) is 13.4. The highest BCUT2D eigenvalue weighted by molar-refractivity contribution is 5.74. The largest absolute Gasteiger partial charge is 0.335 e. The SMILES string of the molecule is C[C@@H](Cn1ccnc1)NC(=O)N1CCC[C@H](N2CCCC2)C1. The fourth-order valence-corrected chi connectivity index (χ4v) is 3.60. The van der Waals surface area contributed by atoms with Gasteiger partial charge in [-0.05, 0) is 45.7 Å². The minimum absolute atomic E-state index is 0.0801. The van der Waals surface area contributed by atoms with Gasteiger partial charge in [-0.15, -0.1) is 0 Å². The Bertz CT molecular complexity index is 469. The summed E-state index contributed by atoms with van der Waals surface area (Å²) >= 11 is 0. The fourth-order valence-electron chi connectivity index (χ4n) is 3.60. The van der Waals surface area contributed by atoms with Crippen molar-refractivity contribution in [1.29, 1.82) is 0 Å². The van der Waals surface area contributed by atoms with Crippen LogP contribution in [0.5, 0.6) is 0 Å². The second-order valence-electron chi connectivity index (χ2n) is 6.60. The molecular formula is C16H27N5O. The van der Waals surface area contributed by atoms with Crippen LogP contribution in [0.2, 0.25) is 0 Å². The van der Waals surface area contributed by atoms with Crippen LogP contribution in [-0.2, 0) is 6.54 Å². The molecule has 0 unspecified atom stereocenters. The number of nitrogens with zero attached hydrogens (tertiary/aromatic N) is 4. The number of urea groups is 1. The molecule has 6 nitrogen and oxygen atoms in total. The zero-order chi connectivity index (χ0) is 15.4. The quantitative estimate of drug-likeness (QED) is 0.918. The van der Waals surface area contributed by atoms with E-state index in [1.165, 1.54) is 32.4 Å². The summed E-state index contributed by atoms with van der Waals surface area (Å²) in [5.41, 5.74) is 0. The van der Waals surface area contributed by atoms with Gasteiger partial charge in [0.1, 0.15) is 0 Å². The van der Waals surface area contributed by atoms with Crippen LogP contribution in [0.25, 0.3) is 0 Å². The van der Waals surface area contributed by atoms with Gasteiger partial charge in [-0.25, -0.2) is 9.78 Å². The van der Waals surface area contributed by atoms with Gasteiger partial charge in [-0.3, -0.25) is 4.90 Å². The molecule has 6 heteroatoms. The maximum Gasteiger partial charge on any atom is 0.317 e. The summed E-state index contributed by atoms with van der Waals surface area (Å²) in [4.78, 5) is 21.1. The van der Waals surface area contributed by atoms with Crippen LogP contribution in [0.15, 0.2) is 18.7 Å². The molecule has 0 aromatic carbocycles. The number of carbonyl (C=O) groups is 1. The summed E-state index contributed by atoms with van der Waals surface area (Å²) in [7, 11) is 0. The molecule has 3 rings (SSSR count). The van der Waals surface area contributed by atoms with Crippen LogP contribution in [0.4, 0.5) is 4.79 Å². The zero-order valence-electron chi connectivity index (χ0n) is 13.4. The highest BCUT2D eigenvalue weighted by Crippen LogP contribution is 2.20. The second kappa shape index (κ2) is 7.13. The molecule has 1 aromatic heterocycles. The Morgan fingerprint density at radius 1 is 1.32 bits per heavy atom. The van der Waals surface area contributed by atoms with Crippen molar-refractivity contribution in [2.75, 3.05) is 26.2 Å². The summed E-state index contributed by atoms with van der Waals surface area (Å²) in [5.74, 6) is 0. The van der Waals surface area contributed by atoms with E-state index in [2.05, 4.69) is 15.2 Å². The average Bonchev–Trinajstić information content (AvgIpc) is 3.20. The number of imidazole rings is 1. The number of piperidine rings is 1. The summed E-state index contributed by atoms with van der Waals surface area (Å²) < 4.78 is 1.99. The Morgan fingerprint density at radius 3 is 2.86 bits per heavy atom. The number of rotatable bonds is 4. The molecule has 0 spiro atoms. The average molecular weight is 305 g/mol. The number of hydrogen-bond donors (Lipinski definition) is 1. The van der Waals surface area contributed by atoms with E-state index < -0.39 is 0 Å². The number of hydrogen-bond acceptors (Lipinski definition) is 3. The van der Waals surface area contributed by atoms with Crippen molar-refractivity contribution in [2.24, 2.45) is 0 Å². The van der Waals surface area contributed by atoms with E-state index in [-0.39, 0.29) is 12.1 Å². The minimum Gasteiger partial charge on any atom is -0.335 e. The van der Waals surface area contributed by atoms with E-state index >= 15 is 0 Å². The van der Waals surface area contributed by atoms with E-state index in [9.17, 15) is 4.79 Å². The van der Waals surface area contributed by atoms with Gasteiger partial charge in [0.2, 0.25) is 0 Å². The van der Waals surface area contributed by atoms with E-state index in [1.807, 2.05) is 22.6 Å². The molecule has 2 saturated heterocycles. The maximum atomic E-state index is 12.5. The van der Waals surface area contributed by atoms with Crippen LogP contribution < -0.4 is 5.32 Å². The van der Waals surface area contributed by atoms with Crippen molar-refractivity contribution in [3.63, 3.8) is 0 Å². The van der Waals surface area contributed by atoms with E-state index in [0.717, 1.165) is 26.1 Å². The first kappa shape index (κ1) is 15.3. The van der Waals surface area contributed by atoms with Gasteiger partial charge >= 0.3 is 6.03 Å². The van der Waals surface area contributed by atoms with Crippen LogP contribution in [0.3, 0.4) is 0 Å². The van der Waals surface area contributed by atoms with Crippen molar-refractivity contribution < 1.29 is 4.79 Å². The van der Waals surface area contributed by atoms with Crippen molar-refractivity contribution >= 4 is 6.03 Å². The van der Waals surface area contributed by atoms with Gasteiger partial charge in [-0.1, -0.05) is 0 Å². The molecule has 2 atom stereocenters. The van der Waals surface area contributed by atoms with E-state index in [4.69, 9.17) is 0 Å². The first-order chi connectivity index (χ1) is 10.7. The molecule has 2 fully saturated rings. The first-order valence-corrected chi connectivity index (χ1v) is 8.47. The standard InChI is InChI=1S/C16H27N5O/c1-14(11-19-10-6-17-13-19)18-16(22)21-9-4-5-15(12-21)20-7-2-3-8-20/h6,10,13-15H,2-5,7-9,11-12H2,1H3,(H,18,22)/t14-,15-/m0/s1. The van der Waals surface area contributed by atoms with Gasteiger partial charge in [-0.2, -0.15) is 0 Å². The number of amides is 2. The van der Waals surface area contributed by atoms with Crippen LogP contribution in [0.1, 0.15) is 32.6 Å². The van der Waals surface area contributed by atoms with Gasteiger partial charge in [0.05, 0.1) is 6.33 Å². The maximum absolute atomic E-state index is 12.5. The minimum atomic E-state index is 0.0801. The van der Waals surface area contributed by atoms with Gasteiger partial charge in [0.25, 0.3) is 0 Å². The highest BCUT2D eigenvalue weighted by atomic mass is 16.2. The molecule has 0 radical (unpaired) electrons. The molecule has 0 bridgehead atoms. The monoisotopic (exact) mass is 305 g/mol. The number of likely N-dealkylation sites (tertiary alicyclic amines) is 2. The third-order valence-electron chi connectivity index (χ3n) is 4.75. The van der Waals surface area contributed by atoms with Gasteiger partial charge < -0.3 is 14.8 Å². The Balaban J connectivity index is 1.48. The van der Waals surface area contributed by atoms with E-state index in [0.29, 0.717) is 6.04 Å². The van der Waals surface area contributed by atoms with Crippen molar-refractivity contribution in [3.05, 3.63) is 18.7 Å². The van der Waals surface area contributed by atoms with Crippen LogP contribution in [-0.4, -0.2) is 63.6 Å². The molecule has 0 aliphatic carbocycles. The van der Waals surface area contributed by atoms with E-state index in [1.54, 1.807) is 12.5 Å². The molecule has 2 aliphatic heterocycles. The number of aromatic nitrogens is 2. The van der Waals surface area contributed by atoms with Crippen LogP contribution in [0, 0.1) is 0 Å². The van der Waals surface area contributed by atoms with Gasteiger partial charge in [0, 0.05) is 44.1 Å². The Labute approximate surface area is 132 Å². The molecule has 2 aliphatic rings. The van der Waals surface area contributed by atoms with Crippen LogP contribution >= 0.6 is 0 Å². The smallest absolute Gasteiger partial charge is 0.317 e. The molecule has 2 amide bonds. The molecule has 3 heterocycles. The lowest BCUT2D eigenvalue weighted by Gasteiger charge is -2.38. The fraction of sp³-hybridized carbons (Fsp3) is 0.750. The van der Waals surface area contributed by atoms with Crippen molar-refractivity contribution in [1.82, 2.24) is 24.7 Å². The van der Waals surface area contributed by atoms with Crippen molar-refractivity contribution in [2.45, 2.75) is 51.2 Å². The molecular weight excluding hydrogens is 278 g/mol. The lowest BCUT2D eigenvalue weighted by Crippen LogP contribution is -2.53. The Kier molecular flexibility index (Phi) is 4.97. The number of carbonyl (C=O) groups excluding carboxylic acids is 1. The lowest BCUT2D eigenvalue weighted by atomic mass is 10.0. The predicted molar refractivity (Wildman–Crippen MR) is 85.6 cm³/mol. The molecule has 1 aromatic rings. The summed E-state index contributed by atoms with van der Waals surface area (Å²) in [6, 6.07) is 0.747. The van der Waals surface area contributed by atoms with Gasteiger partial charge in [0.15, 0.2) is 0 Å². The topological polar surface area (TPSA) is 53.4 Å². The molecule has 122 valence electrons. The Hall–Kier alpha value is -1.56. The molecule has 22 heavy (non-hydrogen) atoms. The first-order valence-electron chi connectivity index (χ1n) is 8.47.